The number of carbonyl (C=O) groups is 1. The second-order valence-corrected chi connectivity index (χ2v) is 6.58. The van der Waals surface area contributed by atoms with Gasteiger partial charge in [0.05, 0.1) is 0 Å². The highest BCUT2D eigenvalue weighted by molar-refractivity contribution is 5.76. The summed E-state index contributed by atoms with van der Waals surface area (Å²) in [5.74, 6) is 0.936. The molecule has 4 heteroatoms. The Morgan fingerprint density at radius 2 is 2.00 bits per heavy atom. The molecule has 2 aliphatic rings. The average Bonchev–Trinajstić information content (AvgIpc) is 2.46. The molecule has 3 atom stereocenters. The van der Waals surface area contributed by atoms with Crippen LogP contribution < -0.4 is 5.73 Å². The van der Waals surface area contributed by atoms with Gasteiger partial charge < -0.3 is 15.7 Å². The van der Waals surface area contributed by atoms with Crippen LogP contribution in [-0.2, 0) is 4.79 Å². The van der Waals surface area contributed by atoms with Gasteiger partial charge >= 0.3 is 0 Å². The first-order valence-corrected chi connectivity index (χ1v) is 8.36. The van der Waals surface area contributed by atoms with Crippen molar-refractivity contribution in [2.45, 2.75) is 76.3 Å². The third kappa shape index (κ3) is 4.45. The molecule has 3 unspecified atom stereocenters. The van der Waals surface area contributed by atoms with E-state index in [-0.39, 0.29) is 12.6 Å². The van der Waals surface area contributed by atoms with Crippen LogP contribution in [0.5, 0.6) is 0 Å². The summed E-state index contributed by atoms with van der Waals surface area (Å²) in [4.78, 5) is 14.5. The molecule has 2 rings (SSSR count). The summed E-state index contributed by atoms with van der Waals surface area (Å²) in [6.45, 7) is 1.07. The van der Waals surface area contributed by atoms with Gasteiger partial charge in [-0.25, -0.2) is 0 Å². The van der Waals surface area contributed by atoms with E-state index in [9.17, 15) is 4.79 Å². The van der Waals surface area contributed by atoms with Crippen molar-refractivity contribution in [2.24, 2.45) is 11.7 Å². The van der Waals surface area contributed by atoms with Gasteiger partial charge in [0.25, 0.3) is 0 Å². The molecule has 2 fully saturated rings. The van der Waals surface area contributed by atoms with Crippen LogP contribution in [0.15, 0.2) is 0 Å². The summed E-state index contributed by atoms with van der Waals surface area (Å²) in [6, 6.07) is 0.621. The first kappa shape index (κ1) is 15.8. The van der Waals surface area contributed by atoms with Crippen molar-refractivity contribution in [2.75, 3.05) is 13.2 Å². The van der Waals surface area contributed by atoms with E-state index in [1.807, 2.05) is 4.90 Å². The van der Waals surface area contributed by atoms with Gasteiger partial charge in [-0.3, -0.25) is 4.79 Å². The lowest BCUT2D eigenvalue weighted by Crippen LogP contribution is -2.44. The predicted molar refractivity (Wildman–Crippen MR) is 80.2 cm³/mol. The Hall–Kier alpha value is -0.610. The molecule has 1 aliphatic carbocycles. The Morgan fingerprint density at radius 3 is 2.75 bits per heavy atom. The highest BCUT2D eigenvalue weighted by Gasteiger charge is 2.27. The Labute approximate surface area is 122 Å². The number of piperidine rings is 1. The summed E-state index contributed by atoms with van der Waals surface area (Å²) in [5.41, 5.74) is 6.01. The van der Waals surface area contributed by atoms with Gasteiger partial charge in [-0.2, -0.15) is 0 Å². The Bertz CT molecular complexity index is 307. The van der Waals surface area contributed by atoms with Gasteiger partial charge in [0.1, 0.15) is 0 Å². The monoisotopic (exact) mass is 282 g/mol. The lowest BCUT2D eigenvalue weighted by Gasteiger charge is -2.36. The highest BCUT2D eigenvalue weighted by atomic mass is 16.3. The Balaban J connectivity index is 1.77. The van der Waals surface area contributed by atoms with E-state index in [1.165, 1.54) is 19.3 Å². The molecule has 0 bridgehead atoms. The lowest BCUT2D eigenvalue weighted by molar-refractivity contribution is -0.135. The number of amides is 1. The minimum atomic E-state index is 0.186. The van der Waals surface area contributed by atoms with Crippen LogP contribution in [0.1, 0.15) is 64.2 Å². The molecule has 116 valence electrons. The molecular weight excluding hydrogens is 252 g/mol. The summed E-state index contributed by atoms with van der Waals surface area (Å²) in [7, 11) is 0. The third-order valence-corrected chi connectivity index (χ3v) is 5.00. The zero-order valence-corrected chi connectivity index (χ0v) is 12.6. The Morgan fingerprint density at radius 1 is 1.15 bits per heavy atom. The number of nitrogens with two attached hydrogens (primary N) is 1. The zero-order chi connectivity index (χ0) is 14.4. The summed E-state index contributed by atoms with van der Waals surface area (Å²) in [6.07, 6.45) is 10.4. The molecule has 1 amide bonds. The molecule has 3 N–H and O–H groups in total. The van der Waals surface area contributed by atoms with Crippen LogP contribution >= 0.6 is 0 Å². The fourth-order valence-corrected chi connectivity index (χ4v) is 3.84. The predicted octanol–water partition coefficient (Wildman–Crippen LogP) is 2.05. The largest absolute Gasteiger partial charge is 0.396 e. The smallest absolute Gasteiger partial charge is 0.222 e. The minimum Gasteiger partial charge on any atom is -0.396 e. The van der Waals surface area contributed by atoms with E-state index in [0.29, 0.717) is 24.3 Å². The van der Waals surface area contributed by atoms with E-state index in [2.05, 4.69) is 0 Å². The first-order chi connectivity index (χ1) is 9.70. The number of aliphatic hydroxyl groups is 1. The molecule has 0 aromatic heterocycles. The second kappa shape index (κ2) is 7.99. The van der Waals surface area contributed by atoms with Crippen LogP contribution in [0.4, 0.5) is 0 Å². The molecule has 4 nitrogen and oxygen atoms in total. The lowest BCUT2D eigenvalue weighted by atomic mass is 9.83. The van der Waals surface area contributed by atoms with E-state index < -0.39 is 0 Å². The van der Waals surface area contributed by atoms with Gasteiger partial charge in [0.2, 0.25) is 5.91 Å². The van der Waals surface area contributed by atoms with E-state index in [0.717, 1.165) is 45.1 Å². The number of nitrogens with zero attached hydrogens (tertiary/aromatic N) is 1. The molecule has 1 saturated carbocycles. The zero-order valence-electron chi connectivity index (χ0n) is 12.6. The molecule has 1 heterocycles. The topological polar surface area (TPSA) is 66.6 Å². The fourth-order valence-electron chi connectivity index (χ4n) is 3.84. The molecule has 0 aromatic rings. The maximum absolute atomic E-state index is 12.4. The molecule has 0 aromatic carbocycles. The first-order valence-electron chi connectivity index (χ1n) is 8.36. The number of likely N-dealkylation sites (tertiary alicyclic amines) is 1. The number of carbonyl (C=O) groups excluding carboxylic acids is 1. The van der Waals surface area contributed by atoms with Crippen LogP contribution in [0, 0.1) is 5.92 Å². The Kier molecular flexibility index (Phi) is 6.30. The van der Waals surface area contributed by atoms with Crippen molar-refractivity contribution < 1.29 is 9.90 Å². The third-order valence-electron chi connectivity index (χ3n) is 5.00. The van der Waals surface area contributed by atoms with Gasteiger partial charge in [-0.15, -0.1) is 0 Å². The van der Waals surface area contributed by atoms with Gasteiger partial charge in [-0.1, -0.05) is 12.8 Å². The number of rotatable bonds is 5. The number of hydrogen-bond acceptors (Lipinski definition) is 3. The normalized spacial score (nSPS) is 31.3. The van der Waals surface area contributed by atoms with Crippen molar-refractivity contribution in [1.29, 1.82) is 0 Å². The average molecular weight is 282 g/mol. The van der Waals surface area contributed by atoms with E-state index in [1.54, 1.807) is 0 Å². The number of hydrogen-bond donors (Lipinski definition) is 2. The highest BCUT2D eigenvalue weighted by Crippen LogP contribution is 2.28. The van der Waals surface area contributed by atoms with Crippen molar-refractivity contribution in [3.63, 3.8) is 0 Å². The minimum absolute atomic E-state index is 0.186. The van der Waals surface area contributed by atoms with Gasteiger partial charge in [0, 0.05) is 31.7 Å². The standard InChI is InChI=1S/C16H30N2O2/c17-14-5-3-4-13(12-14)7-8-16(20)18-10-2-1-6-15(18)9-11-19/h13-15,19H,1-12,17H2. The van der Waals surface area contributed by atoms with E-state index in [4.69, 9.17) is 10.8 Å². The van der Waals surface area contributed by atoms with Crippen LogP contribution in [-0.4, -0.2) is 41.1 Å². The van der Waals surface area contributed by atoms with Gasteiger partial charge in [-0.05, 0) is 50.9 Å². The van der Waals surface area contributed by atoms with Crippen molar-refractivity contribution >= 4 is 5.91 Å². The SMILES string of the molecule is NC1CCCC(CCC(=O)N2CCCCC2CCO)C1. The van der Waals surface area contributed by atoms with Crippen LogP contribution in [0.3, 0.4) is 0 Å². The van der Waals surface area contributed by atoms with Crippen LogP contribution in [0.25, 0.3) is 0 Å². The molecule has 1 saturated heterocycles. The van der Waals surface area contributed by atoms with Crippen molar-refractivity contribution in [3.05, 3.63) is 0 Å². The summed E-state index contributed by atoms with van der Waals surface area (Å²) >= 11 is 0. The summed E-state index contributed by atoms with van der Waals surface area (Å²) < 4.78 is 0. The second-order valence-electron chi connectivity index (χ2n) is 6.58. The maximum Gasteiger partial charge on any atom is 0.222 e. The molecule has 1 aliphatic heterocycles. The molecule has 0 spiro atoms. The van der Waals surface area contributed by atoms with Gasteiger partial charge in [0.15, 0.2) is 0 Å². The number of aliphatic hydroxyl groups excluding tert-OH is 1. The van der Waals surface area contributed by atoms with Crippen molar-refractivity contribution in [3.8, 4) is 0 Å². The molecular formula is C16H30N2O2. The van der Waals surface area contributed by atoms with Crippen LogP contribution in [0.2, 0.25) is 0 Å². The quantitative estimate of drug-likeness (QED) is 0.811. The molecule has 20 heavy (non-hydrogen) atoms. The maximum atomic E-state index is 12.4. The van der Waals surface area contributed by atoms with E-state index >= 15 is 0 Å². The summed E-state index contributed by atoms with van der Waals surface area (Å²) in [5, 5.41) is 9.13. The van der Waals surface area contributed by atoms with Crippen molar-refractivity contribution in [1.82, 2.24) is 4.90 Å². The fraction of sp³-hybridized carbons (Fsp3) is 0.938. The molecule has 0 radical (unpaired) electrons.